The normalized spacial score (nSPS) is 15.3. The maximum atomic E-state index is 6.02. The lowest BCUT2D eigenvalue weighted by Crippen LogP contribution is -2.15. The fourth-order valence-corrected chi connectivity index (χ4v) is 3.04. The number of tetrazole rings is 1. The van der Waals surface area contributed by atoms with E-state index in [1.54, 1.807) is 0 Å². The second kappa shape index (κ2) is 5.52. The number of nitrogen functional groups attached to an aromatic ring is 1. The van der Waals surface area contributed by atoms with Crippen LogP contribution < -0.4 is 5.73 Å². The average molecular weight is 336 g/mol. The molecule has 0 amide bonds. The summed E-state index contributed by atoms with van der Waals surface area (Å²) in [7, 11) is 0. The van der Waals surface area contributed by atoms with E-state index in [0.29, 0.717) is 0 Å². The standard InChI is InChI=1S/C14H18BrN5/c1-9-12(7-11(15)8-13(9)16)14-17-18-19-20(14)6-5-10-3-2-4-10/h7-8,10H,2-6,16H2,1H3. The van der Waals surface area contributed by atoms with E-state index < -0.39 is 0 Å². The van der Waals surface area contributed by atoms with Crippen molar-refractivity contribution in [3.63, 3.8) is 0 Å². The Morgan fingerprint density at radius 2 is 2.20 bits per heavy atom. The molecule has 0 spiro atoms. The minimum absolute atomic E-state index is 0.753. The monoisotopic (exact) mass is 335 g/mol. The summed E-state index contributed by atoms with van der Waals surface area (Å²) in [5.74, 6) is 1.65. The van der Waals surface area contributed by atoms with Crippen molar-refractivity contribution in [2.75, 3.05) is 5.73 Å². The first-order valence-electron chi connectivity index (χ1n) is 6.97. The molecule has 1 heterocycles. The van der Waals surface area contributed by atoms with Crippen molar-refractivity contribution in [2.24, 2.45) is 5.92 Å². The maximum absolute atomic E-state index is 6.02. The highest BCUT2D eigenvalue weighted by atomic mass is 79.9. The first kappa shape index (κ1) is 13.5. The molecule has 6 heteroatoms. The smallest absolute Gasteiger partial charge is 0.182 e. The number of aromatic nitrogens is 4. The van der Waals surface area contributed by atoms with Crippen molar-refractivity contribution in [1.29, 1.82) is 0 Å². The van der Waals surface area contributed by atoms with Gasteiger partial charge in [0.25, 0.3) is 0 Å². The SMILES string of the molecule is Cc1c(N)cc(Br)cc1-c1nnnn1CCC1CCC1. The van der Waals surface area contributed by atoms with E-state index in [1.807, 2.05) is 23.7 Å². The summed E-state index contributed by atoms with van der Waals surface area (Å²) >= 11 is 3.48. The number of nitrogens with zero attached hydrogens (tertiary/aromatic N) is 4. The van der Waals surface area contributed by atoms with E-state index in [-0.39, 0.29) is 0 Å². The molecule has 20 heavy (non-hydrogen) atoms. The van der Waals surface area contributed by atoms with E-state index >= 15 is 0 Å². The number of anilines is 1. The second-order valence-corrected chi connectivity index (χ2v) is 6.39. The third-order valence-corrected chi connectivity index (χ3v) is 4.62. The van der Waals surface area contributed by atoms with Gasteiger partial charge in [0.2, 0.25) is 0 Å². The molecule has 0 atom stereocenters. The first-order valence-corrected chi connectivity index (χ1v) is 7.76. The average Bonchev–Trinajstić information content (AvgIpc) is 2.80. The van der Waals surface area contributed by atoms with Crippen molar-refractivity contribution in [2.45, 2.75) is 39.2 Å². The van der Waals surface area contributed by atoms with Crippen LogP contribution in [0.5, 0.6) is 0 Å². The van der Waals surface area contributed by atoms with Crippen molar-refractivity contribution in [3.05, 3.63) is 22.2 Å². The maximum Gasteiger partial charge on any atom is 0.182 e. The van der Waals surface area contributed by atoms with Gasteiger partial charge in [0, 0.05) is 22.3 Å². The summed E-state index contributed by atoms with van der Waals surface area (Å²) < 4.78 is 2.84. The molecule has 106 valence electrons. The number of nitrogens with two attached hydrogens (primary N) is 1. The van der Waals surface area contributed by atoms with Crippen LogP contribution in [0.4, 0.5) is 5.69 Å². The largest absolute Gasteiger partial charge is 0.398 e. The van der Waals surface area contributed by atoms with Crippen LogP contribution >= 0.6 is 15.9 Å². The number of rotatable bonds is 4. The number of hydrogen-bond donors (Lipinski definition) is 1. The summed E-state index contributed by atoms with van der Waals surface area (Å²) in [5, 5.41) is 12.1. The van der Waals surface area contributed by atoms with E-state index in [2.05, 4.69) is 31.5 Å². The summed E-state index contributed by atoms with van der Waals surface area (Å²) in [5.41, 5.74) is 8.79. The van der Waals surface area contributed by atoms with Crippen LogP contribution in [-0.4, -0.2) is 20.2 Å². The van der Waals surface area contributed by atoms with E-state index in [0.717, 1.165) is 46.0 Å². The van der Waals surface area contributed by atoms with Crippen LogP contribution in [0.3, 0.4) is 0 Å². The van der Waals surface area contributed by atoms with Gasteiger partial charge in [0.15, 0.2) is 5.82 Å². The van der Waals surface area contributed by atoms with Crippen molar-refractivity contribution >= 4 is 21.6 Å². The van der Waals surface area contributed by atoms with Gasteiger partial charge in [0.05, 0.1) is 0 Å². The topological polar surface area (TPSA) is 69.6 Å². The molecule has 0 saturated heterocycles. The molecule has 2 N–H and O–H groups in total. The minimum Gasteiger partial charge on any atom is -0.398 e. The van der Waals surface area contributed by atoms with Gasteiger partial charge in [-0.2, -0.15) is 0 Å². The van der Waals surface area contributed by atoms with Gasteiger partial charge in [-0.05, 0) is 47.4 Å². The predicted octanol–water partition coefficient (Wildman–Crippen LogP) is 3.18. The van der Waals surface area contributed by atoms with Gasteiger partial charge < -0.3 is 5.73 Å². The Bertz CT molecular complexity index is 618. The highest BCUT2D eigenvalue weighted by Crippen LogP contribution is 2.32. The molecule has 0 aliphatic heterocycles. The number of benzene rings is 1. The lowest BCUT2D eigenvalue weighted by Gasteiger charge is -2.25. The Labute approximate surface area is 126 Å². The zero-order valence-corrected chi connectivity index (χ0v) is 13.1. The van der Waals surface area contributed by atoms with Gasteiger partial charge in [0.1, 0.15) is 0 Å². The summed E-state index contributed by atoms with van der Waals surface area (Å²) in [6.45, 7) is 2.88. The molecule has 5 nitrogen and oxygen atoms in total. The Hall–Kier alpha value is -1.43. The summed E-state index contributed by atoms with van der Waals surface area (Å²) in [4.78, 5) is 0. The molecule has 1 saturated carbocycles. The Balaban J connectivity index is 1.88. The van der Waals surface area contributed by atoms with Crippen molar-refractivity contribution < 1.29 is 0 Å². The lowest BCUT2D eigenvalue weighted by atomic mass is 9.83. The molecule has 0 radical (unpaired) electrons. The first-order chi connectivity index (χ1) is 9.65. The van der Waals surface area contributed by atoms with Gasteiger partial charge in [-0.15, -0.1) is 5.10 Å². The van der Waals surface area contributed by atoms with Gasteiger partial charge in [-0.1, -0.05) is 35.2 Å². The van der Waals surface area contributed by atoms with E-state index in [4.69, 9.17) is 5.73 Å². The Morgan fingerprint density at radius 3 is 2.90 bits per heavy atom. The third-order valence-electron chi connectivity index (χ3n) is 4.16. The number of hydrogen-bond acceptors (Lipinski definition) is 4. The van der Waals surface area contributed by atoms with Crippen molar-refractivity contribution in [1.82, 2.24) is 20.2 Å². The molecule has 3 rings (SSSR count). The highest BCUT2D eigenvalue weighted by Gasteiger charge is 2.19. The molecular weight excluding hydrogens is 318 g/mol. The molecule has 1 fully saturated rings. The minimum atomic E-state index is 0.753. The molecular formula is C14H18BrN5. The fourth-order valence-electron chi connectivity index (χ4n) is 2.57. The van der Waals surface area contributed by atoms with E-state index in [9.17, 15) is 0 Å². The quantitative estimate of drug-likeness (QED) is 0.871. The summed E-state index contributed by atoms with van der Waals surface area (Å²) in [6, 6.07) is 3.93. The van der Waals surface area contributed by atoms with Crippen LogP contribution in [0.2, 0.25) is 0 Å². The van der Waals surface area contributed by atoms with Gasteiger partial charge >= 0.3 is 0 Å². The Morgan fingerprint density at radius 1 is 1.40 bits per heavy atom. The summed E-state index contributed by atoms with van der Waals surface area (Å²) in [6.07, 6.45) is 5.22. The van der Waals surface area contributed by atoms with Crippen LogP contribution in [0, 0.1) is 12.8 Å². The zero-order valence-electron chi connectivity index (χ0n) is 11.5. The fraction of sp³-hybridized carbons (Fsp3) is 0.500. The number of halogens is 1. The lowest BCUT2D eigenvalue weighted by molar-refractivity contribution is 0.277. The van der Waals surface area contributed by atoms with Crippen LogP contribution in [0.25, 0.3) is 11.4 Å². The molecule has 1 aromatic heterocycles. The van der Waals surface area contributed by atoms with Crippen molar-refractivity contribution in [3.8, 4) is 11.4 Å². The second-order valence-electron chi connectivity index (χ2n) is 5.48. The zero-order chi connectivity index (χ0) is 14.1. The number of aryl methyl sites for hydroxylation is 1. The van der Waals surface area contributed by atoms with Crippen LogP contribution in [0.1, 0.15) is 31.2 Å². The van der Waals surface area contributed by atoms with Crippen LogP contribution in [0.15, 0.2) is 16.6 Å². The Kier molecular flexibility index (Phi) is 3.74. The predicted molar refractivity (Wildman–Crippen MR) is 82.1 cm³/mol. The molecule has 1 aliphatic rings. The van der Waals surface area contributed by atoms with E-state index in [1.165, 1.54) is 19.3 Å². The molecule has 0 bridgehead atoms. The van der Waals surface area contributed by atoms with Gasteiger partial charge in [-0.25, -0.2) is 4.68 Å². The third kappa shape index (κ3) is 2.57. The molecule has 2 aromatic rings. The van der Waals surface area contributed by atoms with Gasteiger partial charge in [-0.3, -0.25) is 0 Å². The molecule has 0 unspecified atom stereocenters. The van der Waals surface area contributed by atoms with Crippen LogP contribution in [-0.2, 0) is 6.54 Å². The highest BCUT2D eigenvalue weighted by molar-refractivity contribution is 9.10. The molecule has 1 aliphatic carbocycles. The molecule has 1 aromatic carbocycles.